The van der Waals surface area contributed by atoms with Crippen LogP contribution in [-0.4, -0.2) is 34.4 Å². The zero-order chi connectivity index (χ0) is 12.6. The third-order valence-corrected chi connectivity index (χ3v) is 6.56. The molecule has 4 heteroatoms. The summed E-state index contributed by atoms with van der Waals surface area (Å²) in [6, 6.07) is 1.78. The maximum absolute atomic E-state index is 6.09. The van der Waals surface area contributed by atoms with Crippen LogP contribution >= 0.6 is 0 Å². The van der Waals surface area contributed by atoms with Gasteiger partial charge in [-0.05, 0) is 45.3 Å². The van der Waals surface area contributed by atoms with E-state index in [1.54, 1.807) is 0 Å². The van der Waals surface area contributed by atoms with Crippen LogP contribution in [0.1, 0.15) is 46.0 Å². The molecule has 0 saturated carbocycles. The molecule has 0 aromatic carbocycles. The summed E-state index contributed by atoms with van der Waals surface area (Å²) in [6.45, 7) is 9.29. The van der Waals surface area contributed by atoms with Gasteiger partial charge in [-0.2, -0.15) is 0 Å². The van der Waals surface area contributed by atoms with Crippen molar-refractivity contribution in [3.8, 4) is 0 Å². The minimum absolute atomic E-state index is 0.672. The van der Waals surface area contributed by atoms with Crippen LogP contribution in [0.2, 0.25) is 12.6 Å². The van der Waals surface area contributed by atoms with Crippen LogP contribution in [0.5, 0.6) is 0 Å². The summed E-state index contributed by atoms with van der Waals surface area (Å²) in [5.41, 5.74) is 0. The summed E-state index contributed by atoms with van der Waals surface area (Å²) in [4.78, 5) is 0. The molecule has 0 radical (unpaired) electrons. The molecule has 1 rings (SSSR count). The number of hydrogen-bond donors (Lipinski definition) is 1. The normalized spacial score (nSPS) is 24.5. The summed E-state index contributed by atoms with van der Waals surface area (Å²) in [7, 11) is -1.86. The molecule has 1 fully saturated rings. The SMILES string of the molecule is CCC[Si](C)(OCC)OCCC1CCCCN1. The quantitative estimate of drug-likeness (QED) is 0.680. The smallest absolute Gasteiger partial charge is 0.334 e. The standard InChI is InChI=1S/C13H29NO2Si/c1-4-12-17(3,15-5-2)16-11-9-13-8-6-7-10-14-13/h13-14H,4-12H2,1-3H3. The molecular weight excluding hydrogens is 230 g/mol. The fraction of sp³-hybridized carbons (Fsp3) is 1.00. The van der Waals surface area contributed by atoms with Gasteiger partial charge in [-0.25, -0.2) is 0 Å². The fourth-order valence-corrected chi connectivity index (χ4v) is 4.97. The Morgan fingerprint density at radius 2 is 2.06 bits per heavy atom. The maximum atomic E-state index is 6.09. The molecule has 1 saturated heterocycles. The maximum Gasteiger partial charge on any atom is 0.334 e. The van der Waals surface area contributed by atoms with Crippen molar-refractivity contribution in [3.05, 3.63) is 0 Å². The first-order valence-corrected chi connectivity index (χ1v) is 9.74. The second-order valence-electron chi connectivity index (χ2n) is 5.10. The molecule has 1 aliphatic heterocycles. The molecule has 0 aromatic heterocycles. The zero-order valence-electron chi connectivity index (χ0n) is 11.8. The van der Waals surface area contributed by atoms with Crippen LogP contribution in [-0.2, 0) is 8.85 Å². The Bertz CT molecular complexity index is 190. The van der Waals surface area contributed by atoms with Gasteiger partial charge in [-0.3, -0.25) is 0 Å². The summed E-state index contributed by atoms with van der Waals surface area (Å²) in [5.74, 6) is 0. The van der Waals surface area contributed by atoms with Crippen molar-refractivity contribution >= 4 is 8.56 Å². The van der Waals surface area contributed by atoms with E-state index in [2.05, 4.69) is 25.7 Å². The van der Waals surface area contributed by atoms with Crippen molar-refractivity contribution in [2.24, 2.45) is 0 Å². The lowest BCUT2D eigenvalue weighted by molar-refractivity contribution is 0.169. The molecule has 0 aliphatic carbocycles. The van der Waals surface area contributed by atoms with E-state index in [0.29, 0.717) is 6.04 Å². The number of piperidine rings is 1. The highest BCUT2D eigenvalue weighted by molar-refractivity contribution is 6.66. The van der Waals surface area contributed by atoms with Gasteiger partial charge in [0.15, 0.2) is 0 Å². The number of rotatable bonds is 8. The van der Waals surface area contributed by atoms with Gasteiger partial charge >= 0.3 is 8.56 Å². The molecule has 0 bridgehead atoms. The van der Waals surface area contributed by atoms with Gasteiger partial charge in [-0.15, -0.1) is 0 Å². The molecule has 1 heterocycles. The Morgan fingerprint density at radius 3 is 2.65 bits per heavy atom. The van der Waals surface area contributed by atoms with E-state index in [1.807, 2.05) is 0 Å². The van der Waals surface area contributed by atoms with Crippen LogP contribution in [0.15, 0.2) is 0 Å². The molecule has 0 aromatic rings. The Labute approximate surface area is 108 Å². The van der Waals surface area contributed by atoms with E-state index in [-0.39, 0.29) is 0 Å². The van der Waals surface area contributed by atoms with Crippen LogP contribution in [0.25, 0.3) is 0 Å². The van der Waals surface area contributed by atoms with E-state index in [0.717, 1.165) is 32.1 Å². The third-order valence-electron chi connectivity index (χ3n) is 3.44. The van der Waals surface area contributed by atoms with Crippen LogP contribution in [0.3, 0.4) is 0 Å². The Hall–Kier alpha value is 0.0969. The minimum Gasteiger partial charge on any atom is -0.395 e. The topological polar surface area (TPSA) is 30.5 Å². The molecule has 2 atom stereocenters. The molecule has 17 heavy (non-hydrogen) atoms. The molecule has 3 nitrogen and oxygen atoms in total. The van der Waals surface area contributed by atoms with Crippen molar-refractivity contribution in [1.29, 1.82) is 0 Å². The lowest BCUT2D eigenvalue weighted by atomic mass is 10.0. The van der Waals surface area contributed by atoms with Gasteiger partial charge in [0, 0.05) is 19.3 Å². The molecule has 0 amide bonds. The summed E-state index contributed by atoms with van der Waals surface area (Å²) in [5, 5.41) is 3.56. The zero-order valence-corrected chi connectivity index (χ0v) is 12.8. The van der Waals surface area contributed by atoms with E-state index in [9.17, 15) is 0 Å². The monoisotopic (exact) mass is 259 g/mol. The predicted octanol–water partition coefficient (Wildman–Crippen LogP) is 3.05. The van der Waals surface area contributed by atoms with Gasteiger partial charge in [0.2, 0.25) is 0 Å². The second-order valence-corrected chi connectivity index (χ2v) is 8.45. The Kier molecular flexibility index (Phi) is 7.35. The molecule has 2 unspecified atom stereocenters. The van der Waals surface area contributed by atoms with Crippen LogP contribution in [0.4, 0.5) is 0 Å². The molecule has 0 spiro atoms. The second kappa shape index (κ2) is 8.24. The molecule has 1 N–H and O–H groups in total. The van der Waals surface area contributed by atoms with Gasteiger partial charge < -0.3 is 14.2 Å². The van der Waals surface area contributed by atoms with Gasteiger partial charge in [-0.1, -0.05) is 19.8 Å². The summed E-state index contributed by atoms with van der Waals surface area (Å²) in [6.07, 6.45) is 6.30. The number of hydrogen-bond acceptors (Lipinski definition) is 3. The van der Waals surface area contributed by atoms with E-state index < -0.39 is 8.56 Å². The molecular formula is C13H29NO2Si. The Morgan fingerprint density at radius 1 is 1.24 bits per heavy atom. The number of nitrogens with one attached hydrogen (secondary N) is 1. The van der Waals surface area contributed by atoms with Crippen molar-refractivity contribution in [2.75, 3.05) is 19.8 Å². The molecule has 1 aliphatic rings. The van der Waals surface area contributed by atoms with Gasteiger partial charge in [0.25, 0.3) is 0 Å². The first-order valence-electron chi connectivity index (χ1n) is 7.21. The first-order chi connectivity index (χ1) is 8.20. The van der Waals surface area contributed by atoms with Crippen LogP contribution < -0.4 is 5.32 Å². The van der Waals surface area contributed by atoms with E-state index in [4.69, 9.17) is 8.85 Å². The van der Waals surface area contributed by atoms with Gasteiger partial charge in [0.05, 0.1) is 0 Å². The largest absolute Gasteiger partial charge is 0.395 e. The average Bonchev–Trinajstić information content (AvgIpc) is 2.31. The highest BCUT2D eigenvalue weighted by Gasteiger charge is 2.30. The highest BCUT2D eigenvalue weighted by atomic mass is 28.4. The van der Waals surface area contributed by atoms with Crippen LogP contribution in [0, 0.1) is 0 Å². The highest BCUT2D eigenvalue weighted by Crippen LogP contribution is 2.17. The third kappa shape index (κ3) is 6.00. The summed E-state index contributed by atoms with van der Waals surface area (Å²) >= 11 is 0. The lowest BCUT2D eigenvalue weighted by Gasteiger charge is -2.28. The average molecular weight is 259 g/mol. The predicted molar refractivity (Wildman–Crippen MR) is 74.6 cm³/mol. The summed E-state index contributed by atoms with van der Waals surface area (Å²) < 4.78 is 11.9. The molecule has 102 valence electrons. The van der Waals surface area contributed by atoms with E-state index >= 15 is 0 Å². The first kappa shape index (κ1) is 15.2. The fourth-order valence-electron chi connectivity index (χ4n) is 2.53. The Balaban J connectivity index is 2.21. The van der Waals surface area contributed by atoms with Crippen molar-refractivity contribution in [3.63, 3.8) is 0 Å². The minimum atomic E-state index is -1.86. The van der Waals surface area contributed by atoms with Crippen molar-refractivity contribution in [1.82, 2.24) is 5.32 Å². The van der Waals surface area contributed by atoms with Gasteiger partial charge in [0.1, 0.15) is 0 Å². The lowest BCUT2D eigenvalue weighted by Crippen LogP contribution is -2.41. The van der Waals surface area contributed by atoms with Crippen molar-refractivity contribution < 1.29 is 8.85 Å². The van der Waals surface area contributed by atoms with Crippen molar-refractivity contribution in [2.45, 2.75) is 64.6 Å². The van der Waals surface area contributed by atoms with E-state index in [1.165, 1.54) is 25.8 Å².